The van der Waals surface area contributed by atoms with Gasteiger partial charge in [-0.3, -0.25) is 9.69 Å². The molecule has 6 aromatic rings. The quantitative estimate of drug-likeness (QED) is 0.263. The second-order valence-corrected chi connectivity index (χ2v) is 10.2. The monoisotopic (exact) mass is 500 g/mol. The molecule has 1 amide bonds. The summed E-state index contributed by atoms with van der Waals surface area (Å²) < 4.78 is 0. The van der Waals surface area contributed by atoms with Crippen LogP contribution >= 0.6 is 0 Å². The highest BCUT2D eigenvalue weighted by Crippen LogP contribution is 2.52. The van der Waals surface area contributed by atoms with Crippen LogP contribution in [0.1, 0.15) is 22.1 Å². The molecule has 2 heterocycles. The summed E-state index contributed by atoms with van der Waals surface area (Å²) in [5, 5.41) is 5.92. The molecule has 0 saturated carbocycles. The van der Waals surface area contributed by atoms with E-state index in [0.29, 0.717) is 0 Å². The lowest BCUT2D eigenvalue weighted by Crippen LogP contribution is -2.37. The SMILES string of the molecule is O=C1c2cccc3c(-c4ccccc4)ccc(c23)C2Nc3c(-c4ccccc4)cc(-c4ccccc4)cc3N12. The molecule has 2 aliphatic rings. The first-order chi connectivity index (χ1) is 19.3. The van der Waals surface area contributed by atoms with Crippen LogP contribution in [0.15, 0.2) is 133 Å². The Bertz CT molecular complexity index is 1900. The first kappa shape index (κ1) is 21.9. The van der Waals surface area contributed by atoms with E-state index in [1.165, 1.54) is 0 Å². The summed E-state index contributed by atoms with van der Waals surface area (Å²) in [6.07, 6.45) is -0.275. The molecule has 2 aliphatic heterocycles. The van der Waals surface area contributed by atoms with Crippen LogP contribution in [0.5, 0.6) is 0 Å². The van der Waals surface area contributed by atoms with Crippen molar-refractivity contribution in [2.75, 3.05) is 10.2 Å². The van der Waals surface area contributed by atoms with Crippen LogP contribution in [0.2, 0.25) is 0 Å². The highest BCUT2D eigenvalue weighted by Gasteiger charge is 2.42. The van der Waals surface area contributed by atoms with Gasteiger partial charge in [0.15, 0.2) is 0 Å². The van der Waals surface area contributed by atoms with Crippen molar-refractivity contribution in [3.63, 3.8) is 0 Å². The maximum atomic E-state index is 14.3. The third-order valence-corrected chi connectivity index (χ3v) is 8.01. The van der Waals surface area contributed by atoms with E-state index in [4.69, 9.17) is 0 Å². The Labute approximate surface area is 227 Å². The molecule has 1 unspecified atom stereocenters. The van der Waals surface area contributed by atoms with E-state index in [1.807, 2.05) is 35.2 Å². The molecule has 39 heavy (non-hydrogen) atoms. The van der Waals surface area contributed by atoms with Crippen molar-refractivity contribution in [2.24, 2.45) is 0 Å². The number of carbonyl (C=O) groups excluding carboxylic acids is 1. The van der Waals surface area contributed by atoms with Gasteiger partial charge in [0.05, 0.1) is 11.4 Å². The van der Waals surface area contributed by atoms with E-state index >= 15 is 0 Å². The van der Waals surface area contributed by atoms with Gasteiger partial charge in [-0.2, -0.15) is 0 Å². The van der Waals surface area contributed by atoms with Crippen LogP contribution in [0.4, 0.5) is 11.4 Å². The summed E-state index contributed by atoms with van der Waals surface area (Å²) in [6.45, 7) is 0. The number of benzene rings is 6. The minimum absolute atomic E-state index is 0.0267. The fourth-order valence-electron chi connectivity index (χ4n) is 6.23. The second kappa shape index (κ2) is 8.44. The van der Waals surface area contributed by atoms with E-state index in [0.717, 1.165) is 66.7 Å². The fraction of sp³-hybridized carbons (Fsp3) is 0.0278. The predicted molar refractivity (Wildman–Crippen MR) is 160 cm³/mol. The van der Waals surface area contributed by atoms with Gasteiger partial charge in [0.25, 0.3) is 5.91 Å². The fourth-order valence-corrected chi connectivity index (χ4v) is 6.23. The summed E-state index contributed by atoms with van der Waals surface area (Å²) in [5.41, 5.74) is 10.5. The molecule has 0 spiro atoms. The van der Waals surface area contributed by atoms with Crippen molar-refractivity contribution in [3.8, 4) is 33.4 Å². The molecule has 0 radical (unpaired) electrons. The Kier molecular flexibility index (Phi) is 4.74. The van der Waals surface area contributed by atoms with Crippen molar-refractivity contribution in [1.29, 1.82) is 0 Å². The van der Waals surface area contributed by atoms with Crippen molar-refractivity contribution < 1.29 is 4.79 Å². The van der Waals surface area contributed by atoms with Crippen LogP contribution < -0.4 is 10.2 Å². The topological polar surface area (TPSA) is 32.3 Å². The lowest BCUT2D eigenvalue weighted by atomic mass is 9.88. The molecule has 1 N–H and O–H groups in total. The van der Waals surface area contributed by atoms with Crippen LogP contribution in [0.3, 0.4) is 0 Å². The number of rotatable bonds is 3. The van der Waals surface area contributed by atoms with Gasteiger partial charge in [0.1, 0.15) is 6.17 Å². The van der Waals surface area contributed by atoms with Gasteiger partial charge in [-0.15, -0.1) is 0 Å². The van der Waals surface area contributed by atoms with Crippen molar-refractivity contribution in [1.82, 2.24) is 0 Å². The van der Waals surface area contributed by atoms with Gasteiger partial charge < -0.3 is 5.32 Å². The van der Waals surface area contributed by atoms with Gasteiger partial charge in [0, 0.05) is 22.1 Å². The number of fused-ring (bicyclic) bond motifs is 4. The van der Waals surface area contributed by atoms with Crippen molar-refractivity contribution >= 4 is 28.1 Å². The standard InChI is InChI=1S/C36H24N2O/c39-36-30-18-10-17-28-27(24-13-6-2-7-14-24)19-20-29(33(28)30)35-37-34-31(25-15-8-3-9-16-25)21-26(22-32(34)38(35)36)23-11-4-1-5-12-23/h1-22,35,37H. The van der Waals surface area contributed by atoms with Crippen molar-refractivity contribution in [3.05, 3.63) is 145 Å². The van der Waals surface area contributed by atoms with Gasteiger partial charge >= 0.3 is 0 Å². The van der Waals surface area contributed by atoms with Crippen molar-refractivity contribution in [2.45, 2.75) is 6.17 Å². The number of anilines is 2. The zero-order valence-corrected chi connectivity index (χ0v) is 21.1. The Morgan fingerprint density at radius 3 is 1.87 bits per heavy atom. The van der Waals surface area contributed by atoms with Gasteiger partial charge in [0.2, 0.25) is 0 Å². The Hall–Kier alpha value is -5.15. The maximum absolute atomic E-state index is 14.3. The average molecular weight is 501 g/mol. The van der Waals surface area contributed by atoms with Gasteiger partial charge in [-0.05, 0) is 51.4 Å². The Morgan fingerprint density at radius 1 is 0.538 bits per heavy atom. The van der Waals surface area contributed by atoms with Crippen LogP contribution in [-0.2, 0) is 0 Å². The highest BCUT2D eigenvalue weighted by molar-refractivity contribution is 6.22. The molecule has 3 heteroatoms. The molecule has 0 fully saturated rings. The molecule has 0 aliphatic carbocycles. The molecule has 0 bridgehead atoms. The summed E-state index contributed by atoms with van der Waals surface area (Å²) in [6, 6.07) is 46.1. The van der Waals surface area contributed by atoms with E-state index in [1.54, 1.807) is 0 Å². The number of amides is 1. The second-order valence-electron chi connectivity index (χ2n) is 10.2. The normalized spacial score (nSPS) is 15.1. The zero-order chi connectivity index (χ0) is 25.9. The molecular formula is C36H24N2O. The minimum Gasteiger partial charge on any atom is -0.359 e. The molecule has 184 valence electrons. The van der Waals surface area contributed by atoms with E-state index in [-0.39, 0.29) is 12.1 Å². The number of nitrogens with zero attached hydrogens (tertiary/aromatic N) is 1. The van der Waals surface area contributed by atoms with Crippen LogP contribution in [0.25, 0.3) is 44.2 Å². The maximum Gasteiger partial charge on any atom is 0.260 e. The Morgan fingerprint density at radius 2 is 1.18 bits per heavy atom. The third-order valence-electron chi connectivity index (χ3n) is 8.01. The average Bonchev–Trinajstić information content (AvgIpc) is 3.40. The zero-order valence-electron chi connectivity index (χ0n) is 21.1. The molecule has 3 nitrogen and oxygen atoms in total. The highest BCUT2D eigenvalue weighted by atomic mass is 16.2. The first-order valence-electron chi connectivity index (χ1n) is 13.3. The number of carbonyl (C=O) groups is 1. The summed E-state index contributed by atoms with van der Waals surface area (Å²) in [5.74, 6) is 0.0267. The van der Waals surface area contributed by atoms with Crippen LogP contribution in [0, 0.1) is 0 Å². The van der Waals surface area contributed by atoms with E-state index < -0.39 is 0 Å². The number of hydrogen-bond acceptors (Lipinski definition) is 2. The largest absolute Gasteiger partial charge is 0.359 e. The smallest absolute Gasteiger partial charge is 0.260 e. The lowest BCUT2D eigenvalue weighted by molar-refractivity contribution is 0.0980. The molecule has 0 aromatic heterocycles. The summed E-state index contributed by atoms with van der Waals surface area (Å²) in [4.78, 5) is 16.2. The Balaban J connectivity index is 1.36. The van der Waals surface area contributed by atoms with E-state index in [2.05, 4.69) is 108 Å². The molecule has 8 rings (SSSR count). The number of nitrogens with one attached hydrogen (secondary N) is 1. The first-order valence-corrected chi connectivity index (χ1v) is 13.3. The minimum atomic E-state index is -0.275. The van der Waals surface area contributed by atoms with Crippen LogP contribution in [-0.4, -0.2) is 5.91 Å². The van der Waals surface area contributed by atoms with Gasteiger partial charge in [-0.25, -0.2) is 0 Å². The lowest BCUT2D eigenvalue weighted by Gasteiger charge is -2.32. The summed E-state index contributed by atoms with van der Waals surface area (Å²) in [7, 11) is 0. The molecule has 0 saturated heterocycles. The van der Waals surface area contributed by atoms with E-state index in [9.17, 15) is 4.79 Å². The predicted octanol–water partition coefficient (Wildman–Crippen LogP) is 8.93. The third kappa shape index (κ3) is 3.27. The van der Waals surface area contributed by atoms with Gasteiger partial charge in [-0.1, -0.05) is 115 Å². The summed E-state index contributed by atoms with van der Waals surface area (Å²) >= 11 is 0. The molecule has 1 atom stereocenters. The molecule has 6 aromatic carbocycles. The molecular weight excluding hydrogens is 476 g/mol. The number of hydrogen-bond donors (Lipinski definition) is 1.